The van der Waals surface area contributed by atoms with E-state index in [1.54, 1.807) is 0 Å². The number of ether oxygens (including phenoxy) is 2. The van der Waals surface area contributed by atoms with Crippen molar-refractivity contribution in [3.8, 4) is 11.5 Å². The van der Waals surface area contributed by atoms with Crippen molar-refractivity contribution in [2.75, 3.05) is 27.3 Å². The Balaban J connectivity index is 3.36. The number of nitrogens with two attached hydrogens (primary N) is 1. The van der Waals surface area contributed by atoms with Crippen molar-refractivity contribution in [3.05, 3.63) is 29.6 Å². The van der Waals surface area contributed by atoms with Crippen molar-refractivity contribution in [1.82, 2.24) is 5.32 Å². The highest BCUT2D eigenvalue weighted by atomic mass is 19.1. The van der Waals surface area contributed by atoms with Gasteiger partial charge in [-0.3, -0.25) is 9.59 Å². The number of rotatable bonds is 11. The maximum absolute atomic E-state index is 14.4. The van der Waals surface area contributed by atoms with Gasteiger partial charge in [-0.1, -0.05) is 12.7 Å². The van der Waals surface area contributed by atoms with Crippen LogP contribution >= 0.6 is 0 Å². The fraction of sp³-hybridized carbons (Fsp3) is 0.412. The molecular formula is C17H23FN2O6. The van der Waals surface area contributed by atoms with E-state index < -0.39 is 29.7 Å². The van der Waals surface area contributed by atoms with Gasteiger partial charge in [0.1, 0.15) is 6.04 Å². The molecular weight excluding hydrogens is 347 g/mol. The Bertz CT molecular complexity index is 680. The van der Waals surface area contributed by atoms with Gasteiger partial charge in [0.25, 0.3) is 0 Å². The summed E-state index contributed by atoms with van der Waals surface area (Å²) in [6.07, 6.45) is 1.12. The normalized spacial score (nSPS) is 12.9. The van der Waals surface area contributed by atoms with Crippen molar-refractivity contribution in [1.29, 1.82) is 0 Å². The number of halogens is 1. The van der Waals surface area contributed by atoms with E-state index in [1.165, 1.54) is 26.4 Å². The number of carboxylic acids is 2. The lowest BCUT2D eigenvalue weighted by Crippen LogP contribution is -2.41. The first-order valence-electron chi connectivity index (χ1n) is 7.76. The molecule has 0 heterocycles. The van der Waals surface area contributed by atoms with Gasteiger partial charge in [-0.05, 0) is 6.07 Å². The molecule has 2 unspecified atom stereocenters. The van der Waals surface area contributed by atoms with Crippen molar-refractivity contribution in [3.63, 3.8) is 0 Å². The molecule has 0 fully saturated rings. The quantitative estimate of drug-likeness (QED) is 0.425. The third-order valence-electron chi connectivity index (χ3n) is 3.86. The minimum atomic E-state index is -1.34. The molecule has 1 rings (SSSR count). The molecule has 0 aliphatic carbocycles. The predicted molar refractivity (Wildman–Crippen MR) is 93.1 cm³/mol. The van der Waals surface area contributed by atoms with Crippen molar-refractivity contribution in [2.24, 2.45) is 5.73 Å². The smallest absolute Gasteiger partial charge is 0.321 e. The van der Waals surface area contributed by atoms with Gasteiger partial charge in [-0.25, -0.2) is 4.39 Å². The lowest BCUT2D eigenvalue weighted by molar-refractivity contribution is -0.139. The number of aliphatic carboxylic acids is 2. The highest BCUT2D eigenvalue weighted by Crippen LogP contribution is 2.40. The number of hydrogen-bond acceptors (Lipinski definition) is 6. The monoisotopic (exact) mass is 370 g/mol. The number of carboxylic acid groups (broad SMARTS) is 2. The Labute approximate surface area is 150 Å². The van der Waals surface area contributed by atoms with Crippen LogP contribution in [0, 0.1) is 5.82 Å². The first kappa shape index (κ1) is 21.4. The van der Waals surface area contributed by atoms with E-state index in [0.29, 0.717) is 5.56 Å². The first-order chi connectivity index (χ1) is 12.3. The van der Waals surface area contributed by atoms with E-state index in [2.05, 4.69) is 11.9 Å². The molecule has 5 N–H and O–H groups in total. The van der Waals surface area contributed by atoms with Gasteiger partial charge in [0.15, 0.2) is 17.3 Å². The molecule has 1 aromatic carbocycles. The fourth-order valence-electron chi connectivity index (χ4n) is 2.53. The van der Waals surface area contributed by atoms with Gasteiger partial charge in [0.05, 0.1) is 20.6 Å². The van der Waals surface area contributed by atoms with Crippen LogP contribution in [0.25, 0.3) is 6.08 Å². The van der Waals surface area contributed by atoms with Crippen LogP contribution < -0.4 is 20.5 Å². The highest BCUT2D eigenvalue weighted by molar-refractivity contribution is 5.75. The molecule has 0 aromatic heterocycles. The maximum atomic E-state index is 14.4. The fourth-order valence-corrected chi connectivity index (χ4v) is 2.53. The van der Waals surface area contributed by atoms with Crippen LogP contribution in [-0.2, 0) is 9.59 Å². The molecule has 0 amide bonds. The van der Waals surface area contributed by atoms with Gasteiger partial charge >= 0.3 is 11.9 Å². The van der Waals surface area contributed by atoms with Crippen LogP contribution in [-0.4, -0.2) is 55.5 Å². The van der Waals surface area contributed by atoms with Crippen LogP contribution in [0.5, 0.6) is 11.5 Å². The van der Waals surface area contributed by atoms with Crippen molar-refractivity contribution in [2.45, 2.75) is 18.4 Å². The molecule has 0 radical (unpaired) electrons. The number of benzene rings is 1. The van der Waals surface area contributed by atoms with Crippen molar-refractivity contribution >= 4 is 18.0 Å². The zero-order valence-electron chi connectivity index (χ0n) is 14.6. The van der Waals surface area contributed by atoms with E-state index in [0.717, 1.165) is 0 Å². The second kappa shape index (κ2) is 9.73. The summed E-state index contributed by atoms with van der Waals surface area (Å²) in [7, 11) is 2.56. The number of hydrogen-bond donors (Lipinski definition) is 4. The molecule has 0 saturated heterocycles. The molecule has 26 heavy (non-hydrogen) atoms. The summed E-state index contributed by atoms with van der Waals surface area (Å²) in [5.74, 6) is -3.94. The summed E-state index contributed by atoms with van der Waals surface area (Å²) in [6.45, 7) is 3.70. The van der Waals surface area contributed by atoms with Gasteiger partial charge in [0, 0.05) is 30.1 Å². The Hall–Kier alpha value is -2.65. The van der Waals surface area contributed by atoms with Crippen LogP contribution in [0.1, 0.15) is 23.5 Å². The van der Waals surface area contributed by atoms with Crippen molar-refractivity contribution < 1.29 is 33.7 Å². The van der Waals surface area contributed by atoms with E-state index in [-0.39, 0.29) is 36.6 Å². The zero-order valence-corrected chi connectivity index (χ0v) is 14.6. The topological polar surface area (TPSA) is 131 Å². The Kier molecular flexibility index (Phi) is 8.01. The van der Waals surface area contributed by atoms with E-state index in [9.17, 15) is 19.1 Å². The summed E-state index contributed by atoms with van der Waals surface area (Å²) in [4.78, 5) is 22.0. The van der Waals surface area contributed by atoms with E-state index >= 15 is 0 Å². The summed E-state index contributed by atoms with van der Waals surface area (Å²) >= 11 is 0. The number of nitrogens with one attached hydrogen (secondary N) is 1. The van der Waals surface area contributed by atoms with Crippen LogP contribution in [0.4, 0.5) is 4.39 Å². The SMILES string of the molecule is C=Cc1cc(C(CNCCC(=O)O)C(N)C(=O)O)c(OC)c(OC)c1F. The number of methoxy groups -OCH3 is 2. The number of carbonyl (C=O) groups is 2. The maximum Gasteiger partial charge on any atom is 0.321 e. The molecule has 9 heteroatoms. The third-order valence-corrected chi connectivity index (χ3v) is 3.86. The Morgan fingerprint density at radius 1 is 1.35 bits per heavy atom. The van der Waals surface area contributed by atoms with E-state index in [4.69, 9.17) is 20.3 Å². The molecule has 1 aromatic rings. The van der Waals surface area contributed by atoms with Gasteiger partial charge in [-0.2, -0.15) is 0 Å². The minimum Gasteiger partial charge on any atom is -0.492 e. The standard InChI is InChI=1S/C17H23FN2O6/c1-4-9-7-10(15(25-2)16(26-3)13(9)18)11(14(19)17(23)24)8-20-6-5-12(21)22/h4,7,11,14,20H,1,5-6,8,19H2,2-3H3,(H,21,22)(H,23,24). The second-order valence-corrected chi connectivity index (χ2v) is 5.46. The van der Waals surface area contributed by atoms with E-state index in [1.807, 2.05) is 0 Å². The van der Waals surface area contributed by atoms with Crippen LogP contribution in [0.2, 0.25) is 0 Å². The molecule has 2 atom stereocenters. The van der Waals surface area contributed by atoms with Crippen LogP contribution in [0.3, 0.4) is 0 Å². The summed E-state index contributed by atoms with van der Waals surface area (Å²) in [6, 6.07) is 0.0600. The average Bonchev–Trinajstić information content (AvgIpc) is 2.60. The Morgan fingerprint density at radius 3 is 2.42 bits per heavy atom. The molecule has 0 spiro atoms. The minimum absolute atomic E-state index is 0.0253. The van der Waals surface area contributed by atoms with Gasteiger partial charge in [0.2, 0.25) is 0 Å². The molecule has 0 aliphatic heterocycles. The summed E-state index contributed by atoms with van der Waals surface area (Å²) in [5, 5.41) is 20.9. The third kappa shape index (κ3) is 4.93. The summed E-state index contributed by atoms with van der Waals surface area (Å²) in [5.41, 5.74) is 6.23. The molecule has 144 valence electrons. The largest absolute Gasteiger partial charge is 0.492 e. The summed E-state index contributed by atoms with van der Waals surface area (Å²) < 4.78 is 24.7. The Morgan fingerprint density at radius 2 is 1.96 bits per heavy atom. The molecule has 0 saturated carbocycles. The van der Waals surface area contributed by atoms with Crippen LogP contribution in [0.15, 0.2) is 12.6 Å². The second-order valence-electron chi connectivity index (χ2n) is 5.46. The van der Waals surface area contributed by atoms with Gasteiger partial charge in [-0.15, -0.1) is 0 Å². The lowest BCUT2D eigenvalue weighted by Gasteiger charge is -2.25. The molecule has 0 aliphatic rings. The molecule has 8 nitrogen and oxygen atoms in total. The zero-order chi connectivity index (χ0) is 19.9. The lowest BCUT2D eigenvalue weighted by atomic mass is 9.89. The average molecular weight is 370 g/mol. The molecule has 0 bridgehead atoms. The van der Waals surface area contributed by atoms with Gasteiger partial charge < -0.3 is 30.7 Å². The predicted octanol–water partition coefficient (Wildman–Crippen LogP) is 1.05. The highest BCUT2D eigenvalue weighted by Gasteiger charge is 2.31. The first-order valence-corrected chi connectivity index (χ1v) is 7.76.